The molecule has 0 saturated carbocycles. The van der Waals surface area contributed by atoms with Gasteiger partial charge in [0.2, 0.25) is 0 Å². The summed E-state index contributed by atoms with van der Waals surface area (Å²) in [5.74, 6) is -0.00671. The van der Waals surface area contributed by atoms with Gasteiger partial charge in [0.15, 0.2) is 0 Å². The van der Waals surface area contributed by atoms with Crippen LogP contribution in [0.15, 0.2) is 12.3 Å². The van der Waals surface area contributed by atoms with Crippen LogP contribution in [0.2, 0.25) is 0 Å². The maximum absolute atomic E-state index is 11.4. The minimum atomic E-state index is -0.319. The summed E-state index contributed by atoms with van der Waals surface area (Å²) in [5.41, 5.74) is 4.99. The van der Waals surface area contributed by atoms with Crippen LogP contribution in [0.4, 0.5) is 4.39 Å². The molecule has 0 aliphatic heterocycles. The molecule has 0 aliphatic rings. The number of nitrogens with one attached hydrogen (secondary N) is 2. The zero-order valence-corrected chi connectivity index (χ0v) is 5.73. The SMILES string of the molecule is N=C(N)/C=C\NCCCF. The first-order valence-corrected chi connectivity index (χ1v) is 3.07. The van der Waals surface area contributed by atoms with Crippen LogP contribution in [-0.4, -0.2) is 19.1 Å². The van der Waals surface area contributed by atoms with Gasteiger partial charge in [-0.15, -0.1) is 0 Å². The third-order valence-electron chi connectivity index (χ3n) is 0.835. The van der Waals surface area contributed by atoms with E-state index >= 15 is 0 Å². The fraction of sp³-hybridized carbons (Fsp3) is 0.500. The molecule has 0 aromatic rings. The molecule has 0 amide bonds. The summed E-state index contributed by atoms with van der Waals surface area (Å²) in [6.07, 6.45) is 3.44. The van der Waals surface area contributed by atoms with E-state index in [9.17, 15) is 4.39 Å². The monoisotopic (exact) mass is 145 g/mol. The van der Waals surface area contributed by atoms with Crippen molar-refractivity contribution in [3.8, 4) is 0 Å². The second-order valence-corrected chi connectivity index (χ2v) is 1.79. The van der Waals surface area contributed by atoms with Gasteiger partial charge in [-0.3, -0.25) is 9.80 Å². The zero-order valence-electron chi connectivity index (χ0n) is 5.73. The van der Waals surface area contributed by atoms with E-state index in [0.29, 0.717) is 13.0 Å². The highest BCUT2D eigenvalue weighted by atomic mass is 19.1. The Labute approximate surface area is 59.6 Å². The van der Waals surface area contributed by atoms with Crippen molar-refractivity contribution in [3.05, 3.63) is 12.3 Å². The highest BCUT2D eigenvalue weighted by Crippen LogP contribution is 1.76. The molecule has 0 radical (unpaired) electrons. The fourth-order valence-electron chi connectivity index (χ4n) is 0.401. The van der Waals surface area contributed by atoms with Crippen LogP contribution >= 0.6 is 0 Å². The van der Waals surface area contributed by atoms with Crippen LogP contribution in [0.25, 0.3) is 0 Å². The summed E-state index contributed by atoms with van der Waals surface area (Å²) >= 11 is 0. The van der Waals surface area contributed by atoms with Crippen LogP contribution in [0.5, 0.6) is 0 Å². The van der Waals surface area contributed by atoms with Gasteiger partial charge in [-0.1, -0.05) is 0 Å². The molecule has 10 heavy (non-hydrogen) atoms. The van der Waals surface area contributed by atoms with E-state index in [2.05, 4.69) is 5.32 Å². The number of rotatable bonds is 5. The lowest BCUT2D eigenvalue weighted by molar-refractivity contribution is 0.469. The summed E-state index contributed by atoms with van der Waals surface area (Å²) in [4.78, 5) is 0. The van der Waals surface area contributed by atoms with E-state index in [1.54, 1.807) is 0 Å². The van der Waals surface area contributed by atoms with Crippen molar-refractivity contribution in [2.75, 3.05) is 13.2 Å². The highest BCUT2D eigenvalue weighted by Gasteiger charge is 1.80. The highest BCUT2D eigenvalue weighted by molar-refractivity contribution is 5.88. The first-order valence-electron chi connectivity index (χ1n) is 3.07. The van der Waals surface area contributed by atoms with E-state index in [1.165, 1.54) is 12.3 Å². The lowest BCUT2D eigenvalue weighted by atomic mass is 10.4. The Balaban J connectivity index is 3.10. The maximum atomic E-state index is 11.4. The van der Waals surface area contributed by atoms with Crippen molar-refractivity contribution in [1.82, 2.24) is 5.32 Å². The smallest absolute Gasteiger partial charge is 0.116 e. The van der Waals surface area contributed by atoms with E-state index in [-0.39, 0.29) is 12.5 Å². The second-order valence-electron chi connectivity index (χ2n) is 1.79. The van der Waals surface area contributed by atoms with Crippen LogP contribution in [-0.2, 0) is 0 Å². The molecule has 0 unspecified atom stereocenters. The van der Waals surface area contributed by atoms with Crippen molar-refractivity contribution in [1.29, 1.82) is 5.41 Å². The number of halogens is 1. The van der Waals surface area contributed by atoms with Crippen molar-refractivity contribution in [2.45, 2.75) is 6.42 Å². The fourth-order valence-corrected chi connectivity index (χ4v) is 0.401. The van der Waals surface area contributed by atoms with Gasteiger partial charge in [0.05, 0.1) is 6.67 Å². The van der Waals surface area contributed by atoms with Crippen LogP contribution in [0, 0.1) is 5.41 Å². The molecule has 4 heteroatoms. The Morgan fingerprint density at radius 1 is 1.70 bits per heavy atom. The molecule has 0 aromatic heterocycles. The zero-order chi connectivity index (χ0) is 7.82. The standard InChI is InChI=1S/C6H12FN3/c7-3-1-4-10-5-2-6(8)9/h2,5,10H,1,3-4H2,(H3,8,9)/b5-2-. The molecule has 0 saturated heterocycles. The van der Waals surface area contributed by atoms with E-state index < -0.39 is 0 Å². The van der Waals surface area contributed by atoms with Gasteiger partial charge in [0, 0.05) is 12.7 Å². The number of hydrogen-bond donors (Lipinski definition) is 3. The van der Waals surface area contributed by atoms with Gasteiger partial charge >= 0.3 is 0 Å². The summed E-state index contributed by atoms with van der Waals surface area (Å²) in [5, 5.41) is 9.53. The Hall–Kier alpha value is -1.06. The molecular weight excluding hydrogens is 133 g/mol. The average molecular weight is 145 g/mol. The van der Waals surface area contributed by atoms with E-state index in [0.717, 1.165) is 0 Å². The van der Waals surface area contributed by atoms with Crippen molar-refractivity contribution < 1.29 is 4.39 Å². The molecular formula is C6H12FN3. The lowest BCUT2D eigenvalue weighted by Gasteiger charge is -1.94. The Kier molecular flexibility index (Phi) is 5.42. The van der Waals surface area contributed by atoms with Gasteiger partial charge in [0.1, 0.15) is 5.84 Å². The van der Waals surface area contributed by atoms with Crippen LogP contribution < -0.4 is 11.1 Å². The Morgan fingerprint density at radius 3 is 2.90 bits per heavy atom. The average Bonchev–Trinajstić information content (AvgIpc) is 1.87. The van der Waals surface area contributed by atoms with Gasteiger partial charge < -0.3 is 11.1 Å². The summed E-state index contributed by atoms with van der Waals surface area (Å²) in [6.45, 7) is 0.265. The van der Waals surface area contributed by atoms with E-state index in [1.807, 2.05) is 0 Å². The third kappa shape index (κ3) is 6.94. The molecule has 0 atom stereocenters. The molecule has 0 bridgehead atoms. The second kappa shape index (κ2) is 6.07. The molecule has 0 rings (SSSR count). The molecule has 0 aliphatic carbocycles. The van der Waals surface area contributed by atoms with Gasteiger partial charge in [0.25, 0.3) is 0 Å². The number of nitrogens with two attached hydrogens (primary N) is 1. The minimum absolute atomic E-state index is 0.00671. The number of hydrogen-bond acceptors (Lipinski definition) is 2. The first kappa shape index (κ1) is 8.94. The van der Waals surface area contributed by atoms with Crippen molar-refractivity contribution >= 4 is 5.84 Å². The van der Waals surface area contributed by atoms with Gasteiger partial charge in [-0.2, -0.15) is 0 Å². The van der Waals surface area contributed by atoms with Crippen molar-refractivity contribution in [2.24, 2.45) is 5.73 Å². The molecule has 0 aromatic carbocycles. The predicted molar refractivity (Wildman–Crippen MR) is 39.6 cm³/mol. The molecule has 4 N–H and O–H groups in total. The topological polar surface area (TPSA) is 61.9 Å². The normalized spacial score (nSPS) is 10.1. The number of alkyl halides is 1. The van der Waals surface area contributed by atoms with E-state index in [4.69, 9.17) is 11.1 Å². The minimum Gasteiger partial charge on any atom is -0.391 e. The molecule has 0 fully saturated rings. The Bertz CT molecular complexity index is 122. The van der Waals surface area contributed by atoms with Crippen LogP contribution in [0.3, 0.4) is 0 Å². The van der Waals surface area contributed by atoms with Gasteiger partial charge in [-0.25, -0.2) is 0 Å². The van der Waals surface area contributed by atoms with Crippen LogP contribution in [0.1, 0.15) is 6.42 Å². The predicted octanol–water partition coefficient (Wildman–Crippen LogP) is 0.385. The summed E-state index contributed by atoms with van der Waals surface area (Å²) in [7, 11) is 0. The summed E-state index contributed by atoms with van der Waals surface area (Å²) < 4.78 is 11.4. The Morgan fingerprint density at radius 2 is 2.40 bits per heavy atom. The largest absolute Gasteiger partial charge is 0.391 e. The maximum Gasteiger partial charge on any atom is 0.116 e. The summed E-state index contributed by atoms with van der Waals surface area (Å²) in [6, 6.07) is 0. The molecule has 0 heterocycles. The lowest BCUT2D eigenvalue weighted by Crippen LogP contribution is -2.11. The molecule has 3 nitrogen and oxygen atoms in total. The third-order valence-corrected chi connectivity index (χ3v) is 0.835. The number of amidine groups is 1. The molecule has 0 spiro atoms. The molecule has 58 valence electrons. The van der Waals surface area contributed by atoms with Crippen molar-refractivity contribution in [3.63, 3.8) is 0 Å². The quantitative estimate of drug-likeness (QED) is 0.297. The first-order chi connectivity index (χ1) is 4.77. The van der Waals surface area contributed by atoms with Gasteiger partial charge in [-0.05, 0) is 12.5 Å².